The topological polar surface area (TPSA) is 67.8 Å². The van der Waals surface area contributed by atoms with Crippen molar-refractivity contribution in [3.8, 4) is 0 Å². The molecular weight excluding hydrogens is 360 g/mol. The fourth-order valence-corrected chi connectivity index (χ4v) is 4.53. The van der Waals surface area contributed by atoms with Crippen molar-refractivity contribution in [2.45, 2.75) is 30.7 Å². The van der Waals surface area contributed by atoms with E-state index in [-0.39, 0.29) is 5.41 Å². The maximum atomic E-state index is 11.6. The monoisotopic (exact) mass is 384 g/mol. The number of sulfone groups is 1. The van der Waals surface area contributed by atoms with E-state index < -0.39 is 9.84 Å². The van der Waals surface area contributed by atoms with Gasteiger partial charge in [0, 0.05) is 30.6 Å². The van der Waals surface area contributed by atoms with E-state index >= 15 is 0 Å². The average molecular weight is 385 g/mol. The van der Waals surface area contributed by atoms with Gasteiger partial charge in [-0.15, -0.1) is 0 Å². The molecular formula is C21H24N2O3S. The first-order chi connectivity index (χ1) is 13.0. The van der Waals surface area contributed by atoms with Crippen LogP contribution >= 0.6 is 0 Å². The second-order valence-corrected chi connectivity index (χ2v) is 9.45. The van der Waals surface area contributed by atoms with Gasteiger partial charge in [-0.1, -0.05) is 30.3 Å². The largest absolute Gasteiger partial charge is 0.381 e. The van der Waals surface area contributed by atoms with Crippen LogP contribution in [0.5, 0.6) is 0 Å². The number of nitrogens with one attached hydrogen (secondary N) is 1. The average Bonchev–Trinajstić information content (AvgIpc) is 2.66. The zero-order valence-electron chi connectivity index (χ0n) is 15.4. The number of hydrogen-bond acceptors (Lipinski definition) is 4. The van der Waals surface area contributed by atoms with Crippen LogP contribution in [0.1, 0.15) is 24.0 Å². The predicted octanol–water partition coefficient (Wildman–Crippen LogP) is 3.45. The SMILES string of the molecule is CS(=O)(=O)c1ccc(CN=C2Nc3ccccc3CC23CCOCC3)cc1. The summed E-state index contributed by atoms with van der Waals surface area (Å²) in [4.78, 5) is 5.26. The summed E-state index contributed by atoms with van der Waals surface area (Å²) in [5.41, 5.74) is 3.45. The lowest BCUT2D eigenvalue weighted by Gasteiger charge is -2.42. The highest BCUT2D eigenvalue weighted by atomic mass is 32.2. The second kappa shape index (κ2) is 7.09. The molecule has 6 heteroatoms. The van der Waals surface area contributed by atoms with Crippen LogP contribution in [0.2, 0.25) is 0 Å². The Morgan fingerprint density at radius 1 is 1.07 bits per heavy atom. The van der Waals surface area contributed by atoms with E-state index in [0.717, 1.165) is 49.6 Å². The van der Waals surface area contributed by atoms with Crippen LogP contribution in [0.4, 0.5) is 5.69 Å². The van der Waals surface area contributed by atoms with Crippen molar-refractivity contribution in [1.29, 1.82) is 0 Å². The Hall–Kier alpha value is -2.18. The number of ether oxygens (including phenoxy) is 1. The molecule has 2 aliphatic rings. The number of para-hydroxylation sites is 1. The lowest BCUT2D eigenvalue weighted by atomic mass is 9.71. The highest BCUT2D eigenvalue weighted by Gasteiger charge is 2.41. The molecule has 0 atom stereocenters. The van der Waals surface area contributed by atoms with Gasteiger partial charge in [-0.05, 0) is 48.6 Å². The van der Waals surface area contributed by atoms with Crippen LogP contribution in [0.15, 0.2) is 58.4 Å². The van der Waals surface area contributed by atoms with E-state index in [1.54, 1.807) is 12.1 Å². The zero-order chi connectivity index (χ0) is 18.9. The van der Waals surface area contributed by atoms with E-state index in [0.29, 0.717) is 11.4 Å². The van der Waals surface area contributed by atoms with Crippen LogP contribution in [-0.2, 0) is 27.5 Å². The Labute approximate surface area is 160 Å². The third-order valence-electron chi connectivity index (χ3n) is 5.52. The minimum absolute atomic E-state index is 0.000693. The van der Waals surface area contributed by atoms with E-state index in [4.69, 9.17) is 9.73 Å². The molecule has 142 valence electrons. The number of aliphatic imine (C=N–C) groups is 1. The minimum atomic E-state index is -3.17. The van der Waals surface area contributed by atoms with Gasteiger partial charge in [-0.25, -0.2) is 8.42 Å². The Balaban J connectivity index is 1.61. The number of anilines is 1. The second-order valence-electron chi connectivity index (χ2n) is 7.43. The van der Waals surface area contributed by atoms with E-state index in [1.807, 2.05) is 18.2 Å². The quantitative estimate of drug-likeness (QED) is 0.880. The molecule has 1 spiro atoms. The number of rotatable bonds is 3. The van der Waals surface area contributed by atoms with Crippen LogP contribution < -0.4 is 5.32 Å². The molecule has 0 saturated carbocycles. The Morgan fingerprint density at radius 2 is 1.78 bits per heavy atom. The Morgan fingerprint density at radius 3 is 2.48 bits per heavy atom. The lowest BCUT2D eigenvalue weighted by molar-refractivity contribution is 0.0448. The molecule has 2 aliphatic heterocycles. The fraction of sp³-hybridized carbons (Fsp3) is 0.381. The molecule has 0 radical (unpaired) electrons. The molecule has 1 N–H and O–H groups in total. The third-order valence-corrected chi connectivity index (χ3v) is 6.65. The summed E-state index contributed by atoms with van der Waals surface area (Å²) in [6, 6.07) is 15.4. The van der Waals surface area contributed by atoms with E-state index in [2.05, 4.69) is 23.5 Å². The van der Waals surface area contributed by atoms with Crippen LogP contribution in [0, 0.1) is 5.41 Å². The van der Waals surface area contributed by atoms with Crippen molar-refractivity contribution >= 4 is 21.4 Å². The molecule has 27 heavy (non-hydrogen) atoms. The fourth-order valence-electron chi connectivity index (χ4n) is 3.90. The highest BCUT2D eigenvalue weighted by Crippen LogP contribution is 2.41. The first-order valence-corrected chi connectivity index (χ1v) is 11.1. The number of hydrogen-bond donors (Lipinski definition) is 1. The standard InChI is InChI=1S/C21H24N2O3S/c1-27(24,25)18-8-6-16(7-9-18)15-22-20-21(10-12-26-13-11-21)14-17-4-2-3-5-19(17)23-20/h2-9H,10-15H2,1H3,(H,22,23). The Bertz CT molecular complexity index is 959. The van der Waals surface area contributed by atoms with Crippen molar-refractivity contribution in [2.75, 3.05) is 24.8 Å². The van der Waals surface area contributed by atoms with Crippen molar-refractivity contribution in [3.63, 3.8) is 0 Å². The third kappa shape index (κ3) is 3.77. The van der Waals surface area contributed by atoms with Gasteiger partial charge >= 0.3 is 0 Å². The summed E-state index contributed by atoms with van der Waals surface area (Å²) in [5.74, 6) is 1.02. The van der Waals surface area contributed by atoms with Crippen LogP contribution in [0.25, 0.3) is 0 Å². The Kier molecular flexibility index (Phi) is 4.78. The predicted molar refractivity (Wildman–Crippen MR) is 107 cm³/mol. The highest BCUT2D eigenvalue weighted by molar-refractivity contribution is 7.90. The summed E-state index contributed by atoms with van der Waals surface area (Å²) in [6.45, 7) is 2.04. The minimum Gasteiger partial charge on any atom is -0.381 e. The first-order valence-electron chi connectivity index (χ1n) is 9.23. The molecule has 2 aromatic rings. The van der Waals surface area contributed by atoms with Gasteiger partial charge in [0.05, 0.1) is 11.4 Å². The molecule has 2 aromatic carbocycles. The van der Waals surface area contributed by atoms with Crippen molar-refractivity contribution in [1.82, 2.24) is 0 Å². The van der Waals surface area contributed by atoms with Crippen molar-refractivity contribution < 1.29 is 13.2 Å². The summed E-state index contributed by atoms with van der Waals surface area (Å²) in [7, 11) is -3.17. The molecule has 0 aliphatic carbocycles. The molecule has 0 bridgehead atoms. The van der Waals surface area contributed by atoms with Gasteiger partial charge in [0.1, 0.15) is 5.84 Å². The summed E-state index contributed by atoms with van der Waals surface area (Å²) >= 11 is 0. The summed E-state index contributed by atoms with van der Waals surface area (Å²) < 4.78 is 28.8. The maximum Gasteiger partial charge on any atom is 0.175 e. The zero-order valence-corrected chi connectivity index (χ0v) is 16.3. The molecule has 1 fully saturated rings. The normalized spacial score (nSPS) is 20.3. The van der Waals surface area contributed by atoms with E-state index in [1.165, 1.54) is 11.8 Å². The summed E-state index contributed by atoms with van der Waals surface area (Å²) in [5, 5.41) is 3.56. The summed E-state index contributed by atoms with van der Waals surface area (Å²) in [6.07, 6.45) is 4.12. The van der Waals surface area contributed by atoms with Gasteiger partial charge in [0.15, 0.2) is 9.84 Å². The molecule has 5 nitrogen and oxygen atoms in total. The van der Waals surface area contributed by atoms with Gasteiger partial charge < -0.3 is 10.1 Å². The molecule has 0 amide bonds. The van der Waals surface area contributed by atoms with Crippen LogP contribution in [-0.4, -0.2) is 33.7 Å². The number of nitrogens with zero attached hydrogens (tertiary/aromatic N) is 1. The van der Waals surface area contributed by atoms with Crippen molar-refractivity contribution in [3.05, 3.63) is 59.7 Å². The van der Waals surface area contributed by atoms with Gasteiger partial charge in [0.2, 0.25) is 0 Å². The lowest BCUT2D eigenvalue weighted by Crippen LogP contribution is -2.45. The number of fused-ring (bicyclic) bond motifs is 1. The molecule has 0 aromatic heterocycles. The van der Waals surface area contributed by atoms with Gasteiger partial charge in [-0.3, -0.25) is 4.99 Å². The van der Waals surface area contributed by atoms with E-state index in [9.17, 15) is 8.42 Å². The molecule has 1 saturated heterocycles. The molecule has 0 unspecified atom stereocenters. The maximum absolute atomic E-state index is 11.6. The smallest absolute Gasteiger partial charge is 0.175 e. The van der Waals surface area contributed by atoms with Crippen molar-refractivity contribution in [2.24, 2.45) is 10.4 Å². The molecule has 4 rings (SSSR count). The molecule has 2 heterocycles. The van der Waals surface area contributed by atoms with Gasteiger partial charge in [-0.2, -0.15) is 0 Å². The number of benzene rings is 2. The first kappa shape index (κ1) is 18.2. The van der Waals surface area contributed by atoms with Crippen LogP contribution in [0.3, 0.4) is 0 Å². The van der Waals surface area contributed by atoms with Gasteiger partial charge in [0.25, 0.3) is 0 Å². The number of amidine groups is 1.